The molecule has 2 atom stereocenters. The Kier molecular flexibility index (Phi) is 8.23. The van der Waals surface area contributed by atoms with E-state index in [2.05, 4.69) is 15.2 Å². The molecule has 0 amide bonds. The van der Waals surface area contributed by atoms with Gasteiger partial charge in [0.25, 0.3) is 0 Å². The van der Waals surface area contributed by atoms with Crippen molar-refractivity contribution in [1.29, 1.82) is 0 Å². The number of hydrogen-bond donors (Lipinski definition) is 1. The topological polar surface area (TPSA) is 108 Å². The van der Waals surface area contributed by atoms with Gasteiger partial charge in [0.2, 0.25) is 0 Å². The molecule has 0 saturated carbocycles. The van der Waals surface area contributed by atoms with Gasteiger partial charge in [0.1, 0.15) is 24.9 Å². The zero-order chi connectivity index (χ0) is 27.0. The van der Waals surface area contributed by atoms with Gasteiger partial charge in [-0.2, -0.15) is 13.2 Å². The van der Waals surface area contributed by atoms with Gasteiger partial charge in [-0.05, 0) is 30.2 Å². The molecule has 1 aromatic carbocycles. The van der Waals surface area contributed by atoms with Crippen molar-refractivity contribution < 1.29 is 31.8 Å². The largest absolute Gasteiger partial charge is 0.487 e. The molecular weight excluding hydrogens is 544 g/mol. The summed E-state index contributed by atoms with van der Waals surface area (Å²) in [6.07, 6.45) is -2.65. The first-order valence-corrected chi connectivity index (χ1v) is 11.9. The number of carbonyl (C=O) groups excluding carboxylic acids is 1. The molecule has 2 N–H and O–H groups in total. The van der Waals surface area contributed by atoms with Crippen LogP contribution in [0.4, 0.5) is 17.6 Å². The molecule has 1 aliphatic rings. The molecule has 9 nitrogen and oxygen atoms in total. The Bertz CT molecular complexity index is 1500. The number of hydrogen-bond acceptors (Lipinski definition) is 8. The SMILES string of the molecule is CC(=O)OCCOc1cc2nc(-c3nnc4ccc([C@@H](N5CC[C@H](N)C5)C(F)(F)F)cn34)ccc2cc1F.Cl. The molecule has 4 heterocycles. The number of nitrogens with two attached hydrogens (primary N) is 1. The molecule has 4 aromatic rings. The minimum absolute atomic E-state index is 0. The highest BCUT2D eigenvalue weighted by atomic mass is 35.5. The number of carbonyl (C=O) groups is 1. The molecule has 1 aliphatic heterocycles. The fraction of sp³-hybridized carbons (Fsp3) is 0.360. The number of fused-ring (bicyclic) bond motifs is 2. The van der Waals surface area contributed by atoms with Crippen LogP contribution in [0.2, 0.25) is 0 Å². The van der Waals surface area contributed by atoms with Crippen LogP contribution in [-0.4, -0.2) is 69.0 Å². The zero-order valence-corrected chi connectivity index (χ0v) is 21.5. The van der Waals surface area contributed by atoms with Crippen molar-refractivity contribution in [2.75, 3.05) is 26.3 Å². The fourth-order valence-corrected chi connectivity index (χ4v) is 4.60. The van der Waals surface area contributed by atoms with Crippen LogP contribution in [0.1, 0.15) is 24.9 Å². The Morgan fingerprint density at radius 2 is 1.97 bits per heavy atom. The smallest absolute Gasteiger partial charge is 0.408 e. The maximum Gasteiger partial charge on any atom is 0.408 e. The summed E-state index contributed by atoms with van der Waals surface area (Å²) in [4.78, 5) is 16.8. The van der Waals surface area contributed by atoms with Crippen molar-refractivity contribution in [2.24, 2.45) is 5.73 Å². The molecule has 39 heavy (non-hydrogen) atoms. The van der Waals surface area contributed by atoms with E-state index in [0.29, 0.717) is 28.7 Å². The van der Waals surface area contributed by atoms with Crippen molar-refractivity contribution in [1.82, 2.24) is 24.5 Å². The van der Waals surface area contributed by atoms with Crippen LogP contribution >= 0.6 is 12.4 Å². The average molecular weight is 569 g/mol. The van der Waals surface area contributed by atoms with E-state index in [9.17, 15) is 22.4 Å². The molecule has 5 rings (SSSR count). The molecule has 1 saturated heterocycles. The minimum atomic E-state index is -4.51. The first-order valence-electron chi connectivity index (χ1n) is 11.9. The van der Waals surface area contributed by atoms with Crippen LogP contribution in [0.5, 0.6) is 5.75 Å². The Hall–Kier alpha value is -3.55. The first-order chi connectivity index (χ1) is 18.1. The van der Waals surface area contributed by atoms with Crippen LogP contribution in [0.25, 0.3) is 28.1 Å². The summed E-state index contributed by atoms with van der Waals surface area (Å²) in [5, 5.41) is 8.70. The molecule has 1 fully saturated rings. The number of nitrogens with zero attached hydrogens (tertiary/aromatic N) is 5. The summed E-state index contributed by atoms with van der Waals surface area (Å²) < 4.78 is 68.5. The lowest BCUT2D eigenvalue weighted by Crippen LogP contribution is -2.38. The lowest BCUT2D eigenvalue weighted by atomic mass is 10.1. The predicted molar refractivity (Wildman–Crippen MR) is 136 cm³/mol. The first kappa shape index (κ1) is 28.5. The van der Waals surface area contributed by atoms with E-state index >= 15 is 0 Å². The fourth-order valence-electron chi connectivity index (χ4n) is 4.60. The van der Waals surface area contributed by atoms with Gasteiger partial charge in [-0.1, -0.05) is 12.1 Å². The maximum atomic E-state index is 14.5. The Balaban J connectivity index is 0.00000353. The van der Waals surface area contributed by atoms with Crippen molar-refractivity contribution in [3.63, 3.8) is 0 Å². The summed E-state index contributed by atoms with van der Waals surface area (Å²) in [7, 11) is 0. The van der Waals surface area contributed by atoms with Crippen LogP contribution in [0.3, 0.4) is 0 Å². The van der Waals surface area contributed by atoms with Crippen LogP contribution in [0, 0.1) is 5.82 Å². The Morgan fingerprint density at radius 3 is 2.67 bits per heavy atom. The second-order valence-corrected chi connectivity index (χ2v) is 9.06. The number of halogens is 5. The van der Waals surface area contributed by atoms with E-state index in [1.165, 1.54) is 46.7 Å². The molecule has 0 aliphatic carbocycles. The van der Waals surface area contributed by atoms with E-state index in [1.807, 2.05) is 0 Å². The quantitative estimate of drug-likeness (QED) is 0.202. The van der Waals surface area contributed by atoms with Gasteiger partial charge in [0.15, 0.2) is 23.0 Å². The van der Waals surface area contributed by atoms with Crippen molar-refractivity contribution >= 4 is 34.9 Å². The highest BCUT2D eigenvalue weighted by Gasteiger charge is 2.46. The summed E-state index contributed by atoms with van der Waals surface area (Å²) in [6.45, 7) is 1.54. The molecule has 0 unspecified atom stereocenters. The maximum absolute atomic E-state index is 14.5. The molecule has 0 radical (unpaired) electrons. The van der Waals surface area contributed by atoms with Gasteiger partial charge in [0.05, 0.1) is 5.52 Å². The lowest BCUT2D eigenvalue weighted by Gasteiger charge is -2.30. The van der Waals surface area contributed by atoms with E-state index in [0.717, 1.165) is 0 Å². The number of aromatic nitrogens is 4. The van der Waals surface area contributed by atoms with Crippen molar-refractivity contribution in [3.05, 3.63) is 54.0 Å². The van der Waals surface area contributed by atoms with E-state index in [1.54, 1.807) is 12.1 Å². The summed E-state index contributed by atoms with van der Waals surface area (Å²) in [5.74, 6) is -0.954. The number of pyridine rings is 2. The minimum Gasteiger partial charge on any atom is -0.487 e. The number of rotatable bonds is 7. The monoisotopic (exact) mass is 568 g/mol. The number of ether oxygens (including phenoxy) is 2. The molecule has 208 valence electrons. The summed E-state index contributed by atoms with van der Waals surface area (Å²) in [6, 6.07) is 6.60. The molecule has 0 bridgehead atoms. The third kappa shape index (κ3) is 6.05. The van der Waals surface area contributed by atoms with Crippen LogP contribution in [0.15, 0.2) is 42.6 Å². The molecule has 0 spiro atoms. The van der Waals surface area contributed by atoms with Gasteiger partial charge in [-0.3, -0.25) is 14.1 Å². The number of esters is 1. The second kappa shape index (κ2) is 11.3. The van der Waals surface area contributed by atoms with Gasteiger partial charge >= 0.3 is 12.1 Å². The normalized spacial score (nSPS) is 16.8. The van der Waals surface area contributed by atoms with Crippen LogP contribution < -0.4 is 10.5 Å². The van der Waals surface area contributed by atoms with E-state index < -0.39 is 24.0 Å². The van der Waals surface area contributed by atoms with Gasteiger partial charge in [-0.25, -0.2) is 9.37 Å². The standard InChI is InChI=1S/C25H24F4N6O3.ClH/c1-14(36)37-8-9-38-21-11-20-15(10-18(21)26)2-4-19(31-20)24-33-32-22-5-3-16(12-35(22)24)23(25(27,28)29)34-7-6-17(30)13-34;/h2-5,10-12,17,23H,6-9,13,30H2,1H3;1H/t17-,23+;/m0./s1. The third-order valence-electron chi connectivity index (χ3n) is 6.29. The summed E-state index contributed by atoms with van der Waals surface area (Å²) >= 11 is 0. The van der Waals surface area contributed by atoms with Gasteiger partial charge < -0.3 is 15.2 Å². The highest BCUT2D eigenvalue weighted by molar-refractivity contribution is 5.85. The highest BCUT2D eigenvalue weighted by Crippen LogP contribution is 2.39. The second-order valence-electron chi connectivity index (χ2n) is 9.06. The van der Waals surface area contributed by atoms with Crippen LogP contribution in [-0.2, 0) is 9.53 Å². The summed E-state index contributed by atoms with van der Waals surface area (Å²) in [5.41, 5.74) is 6.95. The third-order valence-corrected chi connectivity index (χ3v) is 6.29. The van der Waals surface area contributed by atoms with Crippen molar-refractivity contribution in [3.8, 4) is 17.3 Å². The number of likely N-dealkylation sites (tertiary alicyclic amines) is 1. The molecule has 3 aromatic heterocycles. The number of alkyl halides is 3. The van der Waals surface area contributed by atoms with E-state index in [4.69, 9.17) is 15.2 Å². The zero-order valence-electron chi connectivity index (χ0n) is 20.7. The van der Waals surface area contributed by atoms with E-state index in [-0.39, 0.29) is 61.9 Å². The Labute approximate surface area is 226 Å². The molecular formula is C25H25ClF4N6O3. The number of benzene rings is 1. The average Bonchev–Trinajstić information content (AvgIpc) is 3.46. The van der Waals surface area contributed by atoms with Gasteiger partial charge in [0, 0.05) is 43.7 Å². The van der Waals surface area contributed by atoms with Crippen molar-refractivity contribution in [2.45, 2.75) is 31.6 Å². The predicted octanol–water partition coefficient (Wildman–Crippen LogP) is 4.08. The lowest BCUT2D eigenvalue weighted by molar-refractivity contribution is -0.183. The Morgan fingerprint density at radius 1 is 1.18 bits per heavy atom. The van der Waals surface area contributed by atoms with Gasteiger partial charge in [-0.15, -0.1) is 22.6 Å². The molecule has 14 heteroatoms.